The lowest BCUT2D eigenvalue weighted by Crippen LogP contribution is -2.36. The molecule has 1 amide bonds. The molecule has 1 atom stereocenters. The maximum Gasteiger partial charge on any atom is 0.244 e. The Morgan fingerprint density at radius 1 is 1.28 bits per heavy atom. The highest BCUT2D eigenvalue weighted by atomic mass is 16.2. The van der Waals surface area contributed by atoms with Crippen molar-refractivity contribution in [3.05, 3.63) is 30.0 Å². The smallest absolute Gasteiger partial charge is 0.244 e. The van der Waals surface area contributed by atoms with Crippen LogP contribution in [0.2, 0.25) is 0 Å². The molecule has 1 aromatic carbocycles. The first-order valence-corrected chi connectivity index (χ1v) is 6.25. The van der Waals surface area contributed by atoms with Crippen LogP contribution in [0.5, 0.6) is 0 Å². The van der Waals surface area contributed by atoms with Crippen LogP contribution in [0, 0.1) is 6.92 Å². The molecule has 1 aromatic heterocycles. The first kappa shape index (κ1) is 12.6. The largest absolute Gasteiger partial charge is 0.352 e. The van der Waals surface area contributed by atoms with Crippen molar-refractivity contribution >= 4 is 16.8 Å². The van der Waals surface area contributed by atoms with Crippen LogP contribution in [0.15, 0.2) is 24.3 Å². The van der Waals surface area contributed by atoms with Crippen LogP contribution in [-0.2, 0) is 4.79 Å². The van der Waals surface area contributed by atoms with Crippen LogP contribution in [0.3, 0.4) is 0 Å². The van der Waals surface area contributed by atoms with Gasteiger partial charge in [-0.2, -0.15) is 5.10 Å². The summed E-state index contributed by atoms with van der Waals surface area (Å²) < 4.78 is 1.79. The number of para-hydroxylation sites is 1. The predicted molar refractivity (Wildman–Crippen MR) is 72.5 cm³/mol. The van der Waals surface area contributed by atoms with Gasteiger partial charge in [0.05, 0.1) is 11.2 Å². The molecule has 0 aliphatic carbocycles. The Balaban J connectivity index is 2.39. The maximum absolute atomic E-state index is 12.0. The number of rotatable bonds is 3. The van der Waals surface area contributed by atoms with Gasteiger partial charge in [0.2, 0.25) is 5.91 Å². The molecular formula is C14H19N3O. The van der Waals surface area contributed by atoms with Crippen molar-refractivity contribution in [2.45, 2.75) is 39.8 Å². The summed E-state index contributed by atoms with van der Waals surface area (Å²) in [6, 6.07) is 7.82. The highest BCUT2D eigenvalue weighted by Gasteiger charge is 2.19. The molecule has 4 heteroatoms. The average molecular weight is 245 g/mol. The van der Waals surface area contributed by atoms with E-state index in [0.717, 1.165) is 16.6 Å². The number of fused-ring (bicyclic) bond motifs is 1. The summed E-state index contributed by atoms with van der Waals surface area (Å²) in [7, 11) is 0. The summed E-state index contributed by atoms with van der Waals surface area (Å²) in [6.45, 7) is 7.75. The normalized spacial score (nSPS) is 12.9. The van der Waals surface area contributed by atoms with Gasteiger partial charge < -0.3 is 5.32 Å². The number of carbonyl (C=O) groups is 1. The number of hydrogen-bond acceptors (Lipinski definition) is 2. The van der Waals surface area contributed by atoms with Gasteiger partial charge in [0.1, 0.15) is 6.04 Å². The summed E-state index contributed by atoms with van der Waals surface area (Å²) in [5.74, 6) is -0.00162. The molecule has 0 saturated heterocycles. The first-order valence-electron chi connectivity index (χ1n) is 6.25. The van der Waals surface area contributed by atoms with Gasteiger partial charge in [-0.15, -0.1) is 0 Å². The standard InChI is InChI=1S/C14H19N3O/c1-9(2)15-14(18)11(4)17-13-8-6-5-7-12(13)10(3)16-17/h5-9,11H,1-4H3,(H,15,18)/t11-/m0/s1. The minimum Gasteiger partial charge on any atom is -0.352 e. The third kappa shape index (κ3) is 2.23. The highest BCUT2D eigenvalue weighted by Crippen LogP contribution is 2.21. The maximum atomic E-state index is 12.0. The number of aromatic nitrogens is 2. The monoisotopic (exact) mass is 245 g/mol. The first-order chi connectivity index (χ1) is 8.50. The fraction of sp³-hybridized carbons (Fsp3) is 0.429. The van der Waals surface area contributed by atoms with Gasteiger partial charge in [-0.25, -0.2) is 0 Å². The molecule has 1 heterocycles. The molecule has 0 aliphatic heterocycles. The van der Waals surface area contributed by atoms with Crippen molar-refractivity contribution in [2.75, 3.05) is 0 Å². The second kappa shape index (κ2) is 4.80. The predicted octanol–water partition coefficient (Wildman–Crippen LogP) is 2.43. The summed E-state index contributed by atoms with van der Waals surface area (Å²) in [5, 5.41) is 8.49. The van der Waals surface area contributed by atoms with Gasteiger partial charge in [-0.1, -0.05) is 18.2 Å². The average Bonchev–Trinajstić information content (AvgIpc) is 2.66. The summed E-state index contributed by atoms with van der Waals surface area (Å²) in [5.41, 5.74) is 1.95. The molecule has 96 valence electrons. The molecule has 18 heavy (non-hydrogen) atoms. The van der Waals surface area contributed by atoms with E-state index >= 15 is 0 Å². The zero-order valence-corrected chi connectivity index (χ0v) is 11.3. The number of nitrogens with zero attached hydrogens (tertiary/aromatic N) is 2. The molecule has 0 radical (unpaired) electrons. The third-order valence-electron chi connectivity index (χ3n) is 2.98. The minimum atomic E-state index is -0.300. The molecule has 0 spiro atoms. The van der Waals surface area contributed by atoms with Gasteiger partial charge >= 0.3 is 0 Å². The number of carbonyl (C=O) groups excluding carboxylic acids is 1. The van der Waals surface area contributed by atoms with Crippen molar-refractivity contribution in [3.8, 4) is 0 Å². The summed E-state index contributed by atoms with van der Waals surface area (Å²) >= 11 is 0. The number of amides is 1. The SMILES string of the molecule is Cc1nn([C@@H](C)C(=O)NC(C)C)c2ccccc12. The van der Waals surface area contributed by atoms with Crippen LogP contribution < -0.4 is 5.32 Å². The van der Waals surface area contributed by atoms with Crippen LogP contribution in [0.4, 0.5) is 0 Å². The van der Waals surface area contributed by atoms with Gasteiger partial charge in [0.25, 0.3) is 0 Å². The van der Waals surface area contributed by atoms with E-state index in [1.54, 1.807) is 4.68 Å². The lowest BCUT2D eigenvalue weighted by Gasteiger charge is -2.15. The molecule has 0 fully saturated rings. The Labute approximate surface area is 107 Å². The minimum absolute atomic E-state index is 0.00162. The fourth-order valence-corrected chi connectivity index (χ4v) is 2.06. The number of aryl methyl sites for hydroxylation is 1. The van der Waals surface area contributed by atoms with Crippen LogP contribution in [0.1, 0.15) is 32.5 Å². The lowest BCUT2D eigenvalue weighted by atomic mass is 10.2. The summed E-state index contributed by atoms with van der Waals surface area (Å²) in [4.78, 5) is 12.0. The molecule has 2 rings (SSSR count). The third-order valence-corrected chi connectivity index (χ3v) is 2.98. The van der Waals surface area contributed by atoms with Gasteiger partial charge in [0, 0.05) is 11.4 Å². The van der Waals surface area contributed by atoms with Crippen molar-refractivity contribution in [1.29, 1.82) is 0 Å². The van der Waals surface area contributed by atoms with E-state index in [2.05, 4.69) is 10.4 Å². The Bertz CT molecular complexity index is 571. The van der Waals surface area contributed by atoms with E-state index in [1.165, 1.54) is 0 Å². The lowest BCUT2D eigenvalue weighted by molar-refractivity contribution is -0.124. The van der Waals surface area contributed by atoms with E-state index in [1.807, 2.05) is 52.0 Å². The van der Waals surface area contributed by atoms with E-state index in [-0.39, 0.29) is 18.0 Å². The number of hydrogen-bond donors (Lipinski definition) is 1. The molecule has 0 aliphatic rings. The second-order valence-electron chi connectivity index (χ2n) is 4.89. The fourth-order valence-electron chi connectivity index (χ4n) is 2.06. The molecule has 0 unspecified atom stereocenters. The second-order valence-corrected chi connectivity index (χ2v) is 4.89. The number of nitrogens with one attached hydrogen (secondary N) is 1. The topological polar surface area (TPSA) is 46.9 Å². The van der Waals surface area contributed by atoms with E-state index in [0.29, 0.717) is 0 Å². The van der Waals surface area contributed by atoms with Gasteiger partial charge in [-0.3, -0.25) is 9.48 Å². The van der Waals surface area contributed by atoms with Crippen molar-refractivity contribution < 1.29 is 4.79 Å². The van der Waals surface area contributed by atoms with Crippen LogP contribution >= 0.6 is 0 Å². The Morgan fingerprint density at radius 3 is 2.61 bits per heavy atom. The molecule has 2 aromatic rings. The van der Waals surface area contributed by atoms with Crippen molar-refractivity contribution in [2.24, 2.45) is 0 Å². The van der Waals surface area contributed by atoms with E-state index < -0.39 is 0 Å². The molecule has 0 saturated carbocycles. The zero-order valence-electron chi connectivity index (χ0n) is 11.3. The summed E-state index contributed by atoms with van der Waals surface area (Å²) in [6.07, 6.45) is 0. The van der Waals surface area contributed by atoms with E-state index in [9.17, 15) is 4.79 Å². The molecular weight excluding hydrogens is 226 g/mol. The van der Waals surface area contributed by atoms with Crippen LogP contribution in [-0.4, -0.2) is 21.7 Å². The Morgan fingerprint density at radius 2 is 1.94 bits per heavy atom. The van der Waals surface area contributed by atoms with Gasteiger partial charge in [0.15, 0.2) is 0 Å². The quantitative estimate of drug-likeness (QED) is 0.902. The van der Waals surface area contributed by atoms with E-state index in [4.69, 9.17) is 0 Å². The Hall–Kier alpha value is -1.84. The van der Waals surface area contributed by atoms with Gasteiger partial charge in [-0.05, 0) is 33.8 Å². The highest BCUT2D eigenvalue weighted by molar-refractivity contribution is 5.86. The Kier molecular flexibility index (Phi) is 3.36. The zero-order chi connectivity index (χ0) is 13.3. The van der Waals surface area contributed by atoms with Crippen LogP contribution in [0.25, 0.3) is 10.9 Å². The molecule has 0 bridgehead atoms. The van der Waals surface area contributed by atoms with Crippen molar-refractivity contribution in [3.63, 3.8) is 0 Å². The molecule has 1 N–H and O–H groups in total. The van der Waals surface area contributed by atoms with Crippen molar-refractivity contribution in [1.82, 2.24) is 15.1 Å². The molecule has 4 nitrogen and oxygen atoms in total. The number of benzene rings is 1.